The van der Waals surface area contributed by atoms with E-state index in [9.17, 15) is 18.3 Å². The van der Waals surface area contributed by atoms with Crippen LogP contribution in [-0.4, -0.2) is 10.1 Å². The fourth-order valence-corrected chi connectivity index (χ4v) is 2.17. The second kappa shape index (κ2) is 5.31. The number of pyridine rings is 1. The van der Waals surface area contributed by atoms with Crippen LogP contribution in [-0.2, 0) is 6.18 Å². The molecule has 0 bridgehead atoms. The Morgan fingerprint density at radius 1 is 0.950 bits per heavy atom. The number of alkyl halides is 3. The molecule has 0 saturated heterocycles. The topological polar surface area (TPSA) is 33.1 Å². The SMILES string of the molecule is Oc1ccc(-c2ccc(Cl)c(Cl)c2Cl)nc1C(F)(F)F. The summed E-state index contributed by atoms with van der Waals surface area (Å²) in [5.74, 6) is -0.961. The van der Waals surface area contributed by atoms with Crippen molar-refractivity contribution in [2.24, 2.45) is 0 Å². The van der Waals surface area contributed by atoms with Gasteiger partial charge in [-0.1, -0.05) is 34.8 Å². The molecule has 0 saturated carbocycles. The van der Waals surface area contributed by atoms with Gasteiger partial charge < -0.3 is 5.11 Å². The number of aromatic nitrogens is 1. The molecule has 0 aliphatic heterocycles. The lowest BCUT2D eigenvalue weighted by atomic mass is 10.1. The first-order valence-corrected chi connectivity index (χ1v) is 6.26. The summed E-state index contributed by atoms with van der Waals surface area (Å²) in [7, 11) is 0. The first-order valence-electron chi connectivity index (χ1n) is 5.13. The first-order chi connectivity index (χ1) is 9.21. The van der Waals surface area contributed by atoms with Crippen LogP contribution in [0.2, 0.25) is 15.1 Å². The minimum Gasteiger partial charge on any atom is -0.506 e. The third kappa shape index (κ3) is 2.80. The van der Waals surface area contributed by atoms with E-state index in [0.29, 0.717) is 0 Å². The van der Waals surface area contributed by atoms with Crippen molar-refractivity contribution in [3.63, 3.8) is 0 Å². The molecule has 2 rings (SSSR count). The maximum Gasteiger partial charge on any atom is 0.437 e. The van der Waals surface area contributed by atoms with Crippen LogP contribution in [0.5, 0.6) is 5.75 Å². The predicted octanol–water partition coefficient (Wildman–Crippen LogP) is 5.43. The molecule has 2 nitrogen and oxygen atoms in total. The predicted molar refractivity (Wildman–Crippen MR) is 71.4 cm³/mol. The second-order valence-electron chi connectivity index (χ2n) is 3.78. The summed E-state index contributed by atoms with van der Waals surface area (Å²) in [6, 6.07) is 4.89. The van der Waals surface area contributed by atoms with Crippen LogP contribution in [0, 0.1) is 0 Å². The van der Waals surface area contributed by atoms with E-state index in [2.05, 4.69) is 4.98 Å². The summed E-state index contributed by atoms with van der Waals surface area (Å²) in [4.78, 5) is 3.38. The highest BCUT2D eigenvalue weighted by molar-refractivity contribution is 6.49. The summed E-state index contributed by atoms with van der Waals surface area (Å²) in [5.41, 5.74) is -1.28. The normalized spacial score (nSPS) is 11.7. The van der Waals surface area contributed by atoms with Gasteiger partial charge in [0.2, 0.25) is 0 Å². The molecule has 1 heterocycles. The Balaban J connectivity index is 2.63. The molecule has 1 aromatic heterocycles. The van der Waals surface area contributed by atoms with Crippen molar-refractivity contribution in [1.29, 1.82) is 0 Å². The summed E-state index contributed by atoms with van der Waals surface area (Å²) in [6.45, 7) is 0. The van der Waals surface area contributed by atoms with Crippen molar-refractivity contribution in [2.75, 3.05) is 0 Å². The maximum atomic E-state index is 12.7. The Kier molecular flexibility index (Phi) is 4.04. The van der Waals surface area contributed by atoms with Crippen LogP contribution in [0.3, 0.4) is 0 Å². The van der Waals surface area contributed by atoms with E-state index in [4.69, 9.17) is 34.8 Å². The molecule has 20 heavy (non-hydrogen) atoms. The van der Waals surface area contributed by atoms with Gasteiger partial charge in [0.05, 0.1) is 20.8 Å². The fourth-order valence-electron chi connectivity index (χ4n) is 1.53. The molecule has 1 aromatic carbocycles. The lowest BCUT2D eigenvalue weighted by molar-refractivity contribution is -0.142. The number of hydrogen-bond acceptors (Lipinski definition) is 2. The van der Waals surface area contributed by atoms with E-state index in [0.717, 1.165) is 6.07 Å². The highest BCUT2D eigenvalue weighted by atomic mass is 35.5. The standard InChI is InChI=1S/C12H5Cl3F3NO/c13-6-2-1-5(9(14)10(6)15)7-3-4-8(20)11(19-7)12(16,17)18/h1-4,20H. The Hall–Kier alpha value is -1.17. The molecule has 0 radical (unpaired) electrons. The summed E-state index contributed by atoms with van der Waals surface area (Å²) >= 11 is 17.5. The lowest BCUT2D eigenvalue weighted by Gasteiger charge is -2.11. The quantitative estimate of drug-likeness (QED) is 0.701. The molecule has 0 spiro atoms. The van der Waals surface area contributed by atoms with E-state index in [1.807, 2.05) is 0 Å². The summed E-state index contributed by atoms with van der Waals surface area (Å²) in [6.07, 6.45) is -4.78. The Morgan fingerprint density at radius 3 is 2.20 bits per heavy atom. The highest BCUT2D eigenvalue weighted by Crippen LogP contribution is 2.40. The molecule has 0 fully saturated rings. The van der Waals surface area contributed by atoms with Crippen LogP contribution in [0.15, 0.2) is 24.3 Å². The average molecular weight is 343 g/mol. The molecule has 106 valence electrons. The number of nitrogens with zero attached hydrogens (tertiary/aromatic N) is 1. The zero-order valence-electron chi connectivity index (χ0n) is 9.47. The molecule has 0 aliphatic rings. The molecule has 0 atom stereocenters. The van der Waals surface area contributed by atoms with E-state index < -0.39 is 17.6 Å². The fraction of sp³-hybridized carbons (Fsp3) is 0.0833. The Morgan fingerprint density at radius 2 is 1.60 bits per heavy atom. The van der Waals surface area contributed by atoms with Gasteiger partial charge in [0.1, 0.15) is 5.75 Å². The van der Waals surface area contributed by atoms with Crippen molar-refractivity contribution in [3.8, 4) is 17.0 Å². The van der Waals surface area contributed by atoms with E-state index in [-0.39, 0.29) is 26.3 Å². The third-order valence-electron chi connectivity index (χ3n) is 2.45. The van der Waals surface area contributed by atoms with Crippen molar-refractivity contribution in [3.05, 3.63) is 45.0 Å². The van der Waals surface area contributed by atoms with Crippen molar-refractivity contribution < 1.29 is 18.3 Å². The number of benzene rings is 1. The smallest absolute Gasteiger partial charge is 0.437 e. The molecule has 2 aromatic rings. The number of hydrogen-bond donors (Lipinski definition) is 1. The molecule has 0 unspecified atom stereocenters. The minimum atomic E-state index is -4.78. The van der Waals surface area contributed by atoms with Crippen LogP contribution < -0.4 is 0 Å². The average Bonchev–Trinajstić information content (AvgIpc) is 2.36. The largest absolute Gasteiger partial charge is 0.506 e. The molecule has 0 aliphatic carbocycles. The van der Waals surface area contributed by atoms with E-state index in [1.165, 1.54) is 18.2 Å². The van der Waals surface area contributed by atoms with Gasteiger partial charge in [-0.15, -0.1) is 0 Å². The van der Waals surface area contributed by atoms with Gasteiger partial charge >= 0.3 is 6.18 Å². The van der Waals surface area contributed by atoms with Crippen LogP contribution in [0.4, 0.5) is 13.2 Å². The number of rotatable bonds is 1. The van der Waals surface area contributed by atoms with Gasteiger partial charge in [0.15, 0.2) is 5.69 Å². The number of aromatic hydroxyl groups is 1. The van der Waals surface area contributed by atoms with Gasteiger partial charge in [-0.2, -0.15) is 13.2 Å². The van der Waals surface area contributed by atoms with Gasteiger partial charge in [-0.05, 0) is 24.3 Å². The zero-order valence-corrected chi connectivity index (χ0v) is 11.7. The molecular formula is C12H5Cl3F3NO. The van der Waals surface area contributed by atoms with Crippen LogP contribution in [0.25, 0.3) is 11.3 Å². The number of halogens is 6. The highest BCUT2D eigenvalue weighted by Gasteiger charge is 2.36. The van der Waals surface area contributed by atoms with Crippen molar-refractivity contribution in [2.45, 2.75) is 6.18 Å². The molecule has 1 N–H and O–H groups in total. The lowest BCUT2D eigenvalue weighted by Crippen LogP contribution is -2.08. The monoisotopic (exact) mass is 341 g/mol. The minimum absolute atomic E-state index is 0.00881. The van der Waals surface area contributed by atoms with E-state index in [1.54, 1.807) is 0 Å². The van der Waals surface area contributed by atoms with Gasteiger partial charge in [-0.3, -0.25) is 0 Å². The van der Waals surface area contributed by atoms with Gasteiger partial charge in [0.25, 0.3) is 0 Å². The maximum absolute atomic E-state index is 12.7. The van der Waals surface area contributed by atoms with Crippen LogP contribution in [0.1, 0.15) is 5.69 Å². The zero-order chi connectivity index (χ0) is 15.1. The first kappa shape index (κ1) is 15.2. The summed E-state index contributed by atoms with van der Waals surface area (Å²) < 4.78 is 38.1. The molecular weight excluding hydrogens is 337 g/mol. The van der Waals surface area contributed by atoms with Crippen molar-refractivity contribution >= 4 is 34.8 Å². The second-order valence-corrected chi connectivity index (χ2v) is 4.95. The molecule has 0 amide bonds. The third-order valence-corrected chi connectivity index (χ3v) is 3.75. The van der Waals surface area contributed by atoms with Gasteiger partial charge in [0, 0.05) is 5.56 Å². The Labute approximate surface area is 126 Å². The van der Waals surface area contributed by atoms with Crippen LogP contribution >= 0.6 is 34.8 Å². The van der Waals surface area contributed by atoms with Gasteiger partial charge in [-0.25, -0.2) is 4.98 Å². The molecule has 8 heteroatoms. The van der Waals surface area contributed by atoms with E-state index >= 15 is 0 Å². The van der Waals surface area contributed by atoms with Crippen molar-refractivity contribution in [1.82, 2.24) is 4.98 Å². The summed E-state index contributed by atoms with van der Waals surface area (Å²) in [5, 5.41) is 9.41. The Bertz CT molecular complexity index is 674.